The molecule has 0 aromatic heterocycles. The van der Waals surface area contributed by atoms with Gasteiger partial charge in [-0.3, -0.25) is 0 Å². The zero-order valence-electron chi connectivity index (χ0n) is 20.1. The van der Waals surface area contributed by atoms with Crippen molar-refractivity contribution in [2.75, 3.05) is 13.2 Å². The number of benzene rings is 1. The van der Waals surface area contributed by atoms with Crippen molar-refractivity contribution in [3.8, 4) is 0 Å². The number of hydrogen-bond donors (Lipinski definition) is 0. The third-order valence-corrected chi connectivity index (χ3v) is 3.38. The predicted molar refractivity (Wildman–Crippen MR) is 121 cm³/mol. The van der Waals surface area contributed by atoms with Crippen LogP contribution in [-0.2, 0) is 76.6 Å². The summed E-state index contributed by atoms with van der Waals surface area (Å²) >= 11 is 0. The number of rotatable bonds is 10. The van der Waals surface area contributed by atoms with Crippen LogP contribution >= 0.6 is 0 Å². The molecule has 0 aliphatic carbocycles. The normalized spacial score (nSPS) is 8.39. The molecule has 0 amide bonds. The van der Waals surface area contributed by atoms with E-state index in [1.807, 2.05) is 12.1 Å². The van der Waals surface area contributed by atoms with Crippen LogP contribution in [0.4, 0.5) is 0 Å². The third-order valence-electron chi connectivity index (χ3n) is 3.38. The van der Waals surface area contributed by atoms with E-state index in [1.165, 1.54) is 50.5 Å². The zero-order chi connectivity index (χ0) is 20.3. The van der Waals surface area contributed by atoms with Crippen LogP contribution in [0.5, 0.6) is 0 Å². The molecule has 0 saturated carbocycles. The van der Waals surface area contributed by atoms with Crippen LogP contribution in [0, 0.1) is 13.0 Å². The van der Waals surface area contributed by atoms with Crippen LogP contribution in [0.25, 0.3) is 0 Å². The first-order chi connectivity index (χ1) is 12.7. The largest absolute Gasteiger partial charge is 0.381 e. The summed E-state index contributed by atoms with van der Waals surface area (Å²) < 4.78 is 5.13. The van der Waals surface area contributed by atoms with Gasteiger partial charge in [0.25, 0.3) is 0 Å². The van der Waals surface area contributed by atoms with E-state index in [4.69, 9.17) is 4.74 Å². The van der Waals surface area contributed by atoms with Gasteiger partial charge in [0, 0.05) is 78.6 Å². The summed E-state index contributed by atoms with van der Waals surface area (Å²) in [6.45, 7) is 18.6. The molecule has 28 heavy (non-hydrogen) atoms. The maximum absolute atomic E-state index is 5.13. The molecule has 1 rings (SSSR count). The topological polar surface area (TPSA) is 9.23 Å². The Kier molecular flexibility index (Phi) is 60.4. The maximum atomic E-state index is 5.13. The Morgan fingerprint density at radius 1 is 0.714 bits per heavy atom. The predicted octanol–water partition coefficient (Wildman–Crippen LogP) is 8.46. The van der Waals surface area contributed by atoms with E-state index >= 15 is 0 Å². The molecule has 0 heterocycles. The maximum Gasteiger partial charge on any atom is 0.0463 e. The minimum absolute atomic E-state index is 0. The van der Waals surface area contributed by atoms with Crippen molar-refractivity contribution in [1.29, 1.82) is 0 Å². The fourth-order valence-corrected chi connectivity index (χ4v) is 1.69. The van der Waals surface area contributed by atoms with Crippen molar-refractivity contribution in [3.63, 3.8) is 0 Å². The van der Waals surface area contributed by atoms with E-state index in [0.29, 0.717) is 0 Å². The van der Waals surface area contributed by atoms with E-state index in [0.717, 1.165) is 32.5 Å². The second-order valence-electron chi connectivity index (χ2n) is 6.33. The van der Waals surface area contributed by atoms with Crippen molar-refractivity contribution in [2.45, 2.75) is 106 Å². The standard InChI is InChI=1S/C9H11.C6H14O.C6H13.C4H10.2Y/c1-2-6-9-7-4-3-5-8-9;1-3-5-7-6-4-2;1-3-5-6-4-2;1-3-4-2;;/h4-5,7-8H,2,6H2,1H3;3-6H2,1-2H3;1,3-6H2,2H3;3-4H2,1-2H3;;/q-1;;-1;;;. The molecule has 0 aliphatic heterocycles. The summed E-state index contributed by atoms with van der Waals surface area (Å²) in [5.74, 6) is 0. The van der Waals surface area contributed by atoms with Crippen molar-refractivity contribution in [3.05, 3.63) is 42.8 Å². The van der Waals surface area contributed by atoms with E-state index in [-0.39, 0.29) is 65.4 Å². The van der Waals surface area contributed by atoms with Gasteiger partial charge in [-0.25, -0.2) is 0 Å². The number of ether oxygens (including phenoxy) is 1. The molecule has 0 fully saturated rings. The smallest absolute Gasteiger partial charge is 0.0463 e. The molecule has 0 spiro atoms. The number of hydrogen-bond acceptors (Lipinski definition) is 1. The van der Waals surface area contributed by atoms with Crippen LogP contribution in [0.1, 0.15) is 105 Å². The summed E-state index contributed by atoms with van der Waals surface area (Å²) in [5.41, 5.74) is 1.41. The molecular formula is C25H48OY2-2. The van der Waals surface area contributed by atoms with Gasteiger partial charge in [0.1, 0.15) is 0 Å². The second-order valence-corrected chi connectivity index (χ2v) is 6.33. The van der Waals surface area contributed by atoms with Crippen LogP contribution in [0.3, 0.4) is 0 Å². The van der Waals surface area contributed by atoms with Gasteiger partial charge in [-0.1, -0.05) is 86.5 Å². The van der Waals surface area contributed by atoms with E-state index in [1.54, 1.807) is 0 Å². The first kappa shape index (κ1) is 39.8. The SMILES string of the molecule is CCCC.CCCOCCC.CCCc1cc[c-]cc1.[CH2-]CCCCC.[Y].[Y]. The molecule has 0 atom stereocenters. The van der Waals surface area contributed by atoms with Crippen molar-refractivity contribution in [1.82, 2.24) is 0 Å². The molecule has 0 aliphatic rings. The summed E-state index contributed by atoms with van der Waals surface area (Å²) in [7, 11) is 0. The molecule has 162 valence electrons. The third kappa shape index (κ3) is 45.9. The Bertz CT molecular complexity index is 295. The van der Waals surface area contributed by atoms with Gasteiger partial charge >= 0.3 is 0 Å². The van der Waals surface area contributed by atoms with Gasteiger partial charge in [0.05, 0.1) is 0 Å². The summed E-state index contributed by atoms with van der Waals surface area (Å²) in [6, 6.07) is 11.1. The molecule has 1 nitrogen and oxygen atoms in total. The van der Waals surface area contributed by atoms with Gasteiger partial charge in [0.15, 0.2) is 0 Å². The van der Waals surface area contributed by atoms with E-state index in [2.05, 4.69) is 66.7 Å². The van der Waals surface area contributed by atoms with Gasteiger partial charge in [0.2, 0.25) is 0 Å². The first-order valence-corrected chi connectivity index (χ1v) is 11.0. The molecule has 1 aromatic rings. The zero-order valence-corrected chi connectivity index (χ0v) is 25.7. The van der Waals surface area contributed by atoms with Gasteiger partial charge < -0.3 is 11.7 Å². The summed E-state index contributed by atoms with van der Waals surface area (Å²) in [6.07, 6.45) is 12.4. The van der Waals surface area contributed by atoms with E-state index in [9.17, 15) is 0 Å². The number of unbranched alkanes of at least 4 members (excludes halogenated alkanes) is 4. The fraction of sp³-hybridized carbons (Fsp3) is 0.720. The molecule has 2 radical (unpaired) electrons. The summed E-state index contributed by atoms with van der Waals surface area (Å²) in [4.78, 5) is 0. The Morgan fingerprint density at radius 3 is 1.50 bits per heavy atom. The van der Waals surface area contributed by atoms with E-state index < -0.39 is 0 Å². The van der Waals surface area contributed by atoms with Crippen molar-refractivity contribution < 1.29 is 70.2 Å². The quantitative estimate of drug-likeness (QED) is 0.213. The van der Waals surface area contributed by atoms with Gasteiger partial charge in [-0.15, -0.1) is 0 Å². The molecule has 0 N–H and O–H groups in total. The Hall–Kier alpha value is 1.39. The molecule has 3 heteroatoms. The minimum atomic E-state index is 0. The molecule has 0 saturated heterocycles. The average Bonchev–Trinajstić information content (AvgIpc) is 2.69. The van der Waals surface area contributed by atoms with Crippen molar-refractivity contribution >= 4 is 0 Å². The fourth-order valence-electron chi connectivity index (χ4n) is 1.69. The van der Waals surface area contributed by atoms with Crippen LogP contribution in [0.15, 0.2) is 24.3 Å². The Balaban J connectivity index is -0.0000000852. The first-order valence-electron chi connectivity index (χ1n) is 11.0. The monoisotopic (exact) mass is 542 g/mol. The van der Waals surface area contributed by atoms with Crippen LogP contribution in [-0.4, -0.2) is 13.2 Å². The summed E-state index contributed by atoms with van der Waals surface area (Å²) in [5, 5.41) is 0. The minimum Gasteiger partial charge on any atom is -0.381 e. The molecular weight excluding hydrogens is 494 g/mol. The van der Waals surface area contributed by atoms with Crippen LogP contribution < -0.4 is 0 Å². The van der Waals surface area contributed by atoms with Crippen molar-refractivity contribution in [2.24, 2.45) is 0 Å². The molecule has 0 unspecified atom stereocenters. The Labute approximate surface area is 229 Å². The average molecular weight is 542 g/mol. The van der Waals surface area contributed by atoms with Gasteiger partial charge in [-0.2, -0.15) is 42.3 Å². The second kappa shape index (κ2) is 42.5. The number of aryl methyl sites for hydroxylation is 1. The van der Waals surface area contributed by atoms with Gasteiger partial charge in [-0.05, 0) is 12.8 Å². The Morgan fingerprint density at radius 2 is 1.21 bits per heavy atom. The van der Waals surface area contributed by atoms with Crippen LogP contribution in [0.2, 0.25) is 0 Å². The molecule has 0 bridgehead atoms. The molecule has 1 aromatic carbocycles.